The van der Waals surface area contributed by atoms with Gasteiger partial charge in [-0.05, 0) is 48.5 Å². The van der Waals surface area contributed by atoms with Crippen LogP contribution in [0.1, 0.15) is 0 Å². The Labute approximate surface area is 213 Å². The molecule has 2 amide bonds. The standard InChI is InChI=1S/C28H24N8O/c37-28(36-17-15-35(16-18-36)25-9-3-6-14-31-25)32-20-10-11-21-24(19-20)34-27(23-8-2-5-13-30-23)26(33-21)22-7-1-4-12-29-22/h1-14,19H,15-18H2,(H,32,37)/p+1. The van der Waals surface area contributed by atoms with Crippen molar-refractivity contribution in [2.24, 2.45) is 0 Å². The monoisotopic (exact) mass is 489 g/mol. The quantitative estimate of drug-likeness (QED) is 0.411. The Morgan fingerprint density at radius 1 is 0.757 bits per heavy atom. The maximum Gasteiger partial charge on any atom is 0.322 e. The van der Waals surface area contributed by atoms with Crippen LogP contribution in [0.25, 0.3) is 33.8 Å². The van der Waals surface area contributed by atoms with Crippen molar-refractivity contribution in [2.75, 3.05) is 36.4 Å². The molecule has 0 saturated carbocycles. The molecule has 6 rings (SSSR count). The number of piperazine rings is 1. The zero-order chi connectivity index (χ0) is 25.0. The molecule has 1 saturated heterocycles. The number of H-pyrrole nitrogens is 1. The largest absolute Gasteiger partial charge is 0.322 e. The summed E-state index contributed by atoms with van der Waals surface area (Å²) in [7, 11) is 0. The van der Waals surface area contributed by atoms with E-state index in [4.69, 9.17) is 9.97 Å². The van der Waals surface area contributed by atoms with Crippen LogP contribution in [0, 0.1) is 0 Å². The van der Waals surface area contributed by atoms with Crippen LogP contribution < -0.4 is 15.2 Å². The summed E-state index contributed by atoms with van der Waals surface area (Å²) >= 11 is 0. The number of carbonyl (C=O) groups excluding carboxylic acids is 1. The third-order valence-electron chi connectivity index (χ3n) is 6.33. The van der Waals surface area contributed by atoms with Gasteiger partial charge in [0.25, 0.3) is 5.82 Å². The summed E-state index contributed by atoms with van der Waals surface area (Å²) in [6, 6.07) is 22.8. The van der Waals surface area contributed by atoms with E-state index in [1.54, 1.807) is 12.4 Å². The van der Waals surface area contributed by atoms with Gasteiger partial charge in [0, 0.05) is 24.1 Å². The minimum Gasteiger partial charge on any atom is -0.317 e. The maximum atomic E-state index is 13.0. The number of aromatic nitrogens is 5. The number of benzene rings is 1. The number of pyridine rings is 3. The van der Waals surface area contributed by atoms with E-state index in [1.807, 2.05) is 83.9 Å². The molecular weight excluding hydrogens is 464 g/mol. The van der Waals surface area contributed by atoms with Gasteiger partial charge in [-0.25, -0.2) is 19.7 Å². The number of nitrogens with one attached hydrogen (secondary N) is 2. The second kappa shape index (κ2) is 9.98. The van der Waals surface area contributed by atoms with E-state index in [9.17, 15) is 4.79 Å². The van der Waals surface area contributed by atoms with Crippen molar-refractivity contribution in [1.82, 2.24) is 24.8 Å². The second-order valence-corrected chi connectivity index (χ2v) is 8.71. The molecule has 1 fully saturated rings. The number of fused-ring (bicyclic) bond motifs is 1. The lowest BCUT2D eigenvalue weighted by Gasteiger charge is -2.31. The number of urea groups is 1. The number of hydrogen-bond acceptors (Lipinski definition) is 6. The molecule has 37 heavy (non-hydrogen) atoms. The molecule has 0 unspecified atom stereocenters. The van der Waals surface area contributed by atoms with E-state index in [1.165, 1.54) is 0 Å². The molecule has 9 nitrogen and oxygen atoms in total. The maximum absolute atomic E-state index is 13.0. The van der Waals surface area contributed by atoms with E-state index in [0.717, 1.165) is 24.6 Å². The van der Waals surface area contributed by atoms with E-state index < -0.39 is 0 Å². The summed E-state index contributed by atoms with van der Waals surface area (Å²) in [4.78, 5) is 39.1. The molecule has 1 aromatic carbocycles. The van der Waals surface area contributed by atoms with Crippen LogP contribution >= 0.6 is 0 Å². The van der Waals surface area contributed by atoms with E-state index in [2.05, 4.69) is 25.2 Å². The molecule has 0 atom stereocenters. The molecule has 1 aliphatic rings. The van der Waals surface area contributed by atoms with Gasteiger partial charge in [0.1, 0.15) is 24.5 Å². The van der Waals surface area contributed by atoms with Gasteiger partial charge in [0.15, 0.2) is 0 Å². The molecule has 0 radical (unpaired) electrons. The van der Waals surface area contributed by atoms with Crippen LogP contribution in [0.5, 0.6) is 0 Å². The Balaban J connectivity index is 1.24. The molecule has 0 bridgehead atoms. The van der Waals surface area contributed by atoms with Crippen molar-refractivity contribution in [3.8, 4) is 22.8 Å². The predicted octanol–water partition coefficient (Wildman–Crippen LogP) is 3.92. The van der Waals surface area contributed by atoms with Crippen LogP contribution in [-0.4, -0.2) is 57.0 Å². The molecule has 182 valence electrons. The van der Waals surface area contributed by atoms with Crippen molar-refractivity contribution in [3.63, 3.8) is 0 Å². The Morgan fingerprint density at radius 2 is 1.43 bits per heavy atom. The van der Waals surface area contributed by atoms with Gasteiger partial charge in [-0.15, -0.1) is 0 Å². The SMILES string of the molecule is O=C(Nc1ccc2nc(-c3ccccn3)c(-c3ccccn3)nc2c1)N1CCN(c2cccc[nH+]2)CC1. The minimum absolute atomic E-state index is 0.126. The van der Waals surface area contributed by atoms with Crippen molar-refractivity contribution < 1.29 is 9.78 Å². The summed E-state index contributed by atoms with van der Waals surface area (Å²) in [5, 5.41) is 3.03. The Morgan fingerprint density at radius 3 is 2.05 bits per heavy atom. The fraction of sp³-hybridized carbons (Fsp3) is 0.143. The fourth-order valence-electron chi connectivity index (χ4n) is 4.43. The number of aromatic amines is 1. The van der Waals surface area contributed by atoms with Crippen LogP contribution in [-0.2, 0) is 0 Å². The highest BCUT2D eigenvalue weighted by Crippen LogP contribution is 2.29. The third-order valence-corrected chi connectivity index (χ3v) is 6.33. The fourth-order valence-corrected chi connectivity index (χ4v) is 4.43. The molecular formula is C28H25N8O+. The van der Waals surface area contributed by atoms with E-state index >= 15 is 0 Å². The Bertz CT molecular complexity index is 1520. The topological polar surface area (TPSA) is 101 Å². The highest BCUT2D eigenvalue weighted by molar-refractivity contribution is 5.93. The Kier molecular flexibility index (Phi) is 6.08. The third kappa shape index (κ3) is 4.79. The normalized spacial score (nSPS) is 13.5. The van der Waals surface area contributed by atoms with Crippen molar-refractivity contribution >= 4 is 28.6 Å². The lowest BCUT2D eigenvalue weighted by molar-refractivity contribution is -0.364. The number of anilines is 2. The second-order valence-electron chi connectivity index (χ2n) is 8.71. The lowest BCUT2D eigenvalue weighted by atomic mass is 10.1. The molecule has 0 aliphatic carbocycles. The van der Waals surface area contributed by atoms with Crippen LogP contribution in [0.4, 0.5) is 16.3 Å². The van der Waals surface area contributed by atoms with Crippen molar-refractivity contribution in [3.05, 3.63) is 91.4 Å². The zero-order valence-electron chi connectivity index (χ0n) is 20.1. The number of rotatable bonds is 4. The van der Waals surface area contributed by atoms with Crippen molar-refractivity contribution in [1.29, 1.82) is 0 Å². The molecule has 2 N–H and O–H groups in total. The first-order valence-corrected chi connectivity index (χ1v) is 12.2. The first-order valence-electron chi connectivity index (χ1n) is 12.2. The number of amides is 2. The van der Waals surface area contributed by atoms with Crippen molar-refractivity contribution in [2.45, 2.75) is 0 Å². The average molecular weight is 490 g/mol. The van der Waals surface area contributed by atoms with Crippen LogP contribution in [0.3, 0.4) is 0 Å². The summed E-state index contributed by atoms with van der Waals surface area (Å²) in [6.45, 7) is 2.81. The lowest BCUT2D eigenvalue weighted by Crippen LogP contribution is -2.51. The summed E-state index contributed by atoms with van der Waals surface area (Å²) < 4.78 is 0. The number of carbonyl (C=O) groups is 1. The summed E-state index contributed by atoms with van der Waals surface area (Å²) in [5.74, 6) is 1.06. The molecule has 5 aromatic rings. The van der Waals surface area contributed by atoms with Gasteiger partial charge in [0.2, 0.25) is 0 Å². The van der Waals surface area contributed by atoms with Gasteiger partial charge in [0.05, 0.1) is 41.7 Å². The van der Waals surface area contributed by atoms with E-state index in [-0.39, 0.29) is 6.03 Å². The first-order chi connectivity index (χ1) is 18.2. The minimum atomic E-state index is -0.126. The highest BCUT2D eigenvalue weighted by atomic mass is 16.2. The first kappa shape index (κ1) is 22.5. The summed E-state index contributed by atoms with van der Waals surface area (Å²) in [6.07, 6.45) is 5.38. The zero-order valence-corrected chi connectivity index (χ0v) is 20.1. The highest BCUT2D eigenvalue weighted by Gasteiger charge is 2.26. The van der Waals surface area contributed by atoms with Gasteiger partial charge in [-0.2, -0.15) is 0 Å². The number of nitrogens with zero attached hydrogens (tertiary/aromatic N) is 6. The number of hydrogen-bond donors (Lipinski definition) is 1. The van der Waals surface area contributed by atoms with Gasteiger partial charge >= 0.3 is 6.03 Å². The Hall–Kier alpha value is -4.92. The van der Waals surface area contributed by atoms with Crippen LogP contribution in [0.2, 0.25) is 0 Å². The average Bonchev–Trinajstić information content (AvgIpc) is 2.98. The molecule has 4 aromatic heterocycles. The molecule has 9 heteroatoms. The van der Waals surface area contributed by atoms with Gasteiger partial charge in [-0.1, -0.05) is 18.2 Å². The molecule has 1 aliphatic heterocycles. The molecule has 5 heterocycles. The van der Waals surface area contributed by atoms with E-state index in [0.29, 0.717) is 46.9 Å². The van der Waals surface area contributed by atoms with Crippen LogP contribution in [0.15, 0.2) is 91.4 Å². The summed E-state index contributed by atoms with van der Waals surface area (Å²) in [5.41, 5.74) is 4.79. The predicted molar refractivity (Wildman–Crippen MR) is 142 cm³/mol. The van der Waals surface area contributed by atoms with Gasteiger partial charge < -0.3 is 10.2 Å². The van der Waals surface area contributed by atoms with Gasteiger partial charge in [-0.3, -0.25) is 14.9 Å². The molecule has 0 spiro atoms. The smallest absolute Gasteiger partial charge is 0.317 e.